The lowest BCUT2D eigenvalue weighted by molar-refractivity contribution is -0.150. The lowest BCUT2D eigenvalue weighted by atomic mass is 9.94. The highest BCUT2D eigenvalue weighted by Gasteiger charge is 2.40. The van der Waals surface area contributed by atoms with Crippen LogP contribution in [-0.4, -0.2) is 39.8 Å². The number of halogens is 3. The second kappa shape index (κ2) is 12.5. The van der Waals surface area contributed by atoms with Crippen molar-refractivity contribution in [3.8, 4) is 11.1 Å². The minimum atomic E-state index is -4.34. The topological polar surface area (TPSA) is 76.2 Å². The van der Waals surface area contributed by atoms with Crippen LogP contribution in [0.3, 0.4) is 0 Å². The molecule has 4 nitrogen and oxygen atoms in total. The summed E-state index contributed by atoms with van der Waals surface area (Å²) in [4.78, 5) is 14.6. The number of aliphatic carboxylic acids is 1. The molecule has 0 spiro atoms. The van der Waals surface area contributed by atoms with Gasteiger partial charge in [0.2, 0.25) is 0 Å². The molecule has 0 amide bonds. The molecule has 0 saturated heterocycles. The Hall–Kier alpha value is -2.06. The van der Waals surface area contributed by atoms with Crippen LogP contribution in [-0.2, 0) is 4.79 Å². The third-order valence-electron chi connectivity index (χ3n) is 4.14. The minimum absolute atomic E-state index is 0.0668. The summed E-state index contributed by atoms with van der Waals surface area (Å²) in [5.41, 5.74) is 7.26. The second-order valence-corrected chi connectivity index (χ2v) is 7.32. The SMILES string of the molecule is CC.NC(CCSCCC(c1ccc(-c2cccnc2)cc1)C(F)(F)F)C(=O)O. The highest BCUT2D eigenvalue weighted by molar-refractivity contribution is 7.99. The quantitative estimate of drug-likeness (QED) is 0.527. The molecule has 0 fully saturated rings. The van der Waals surface area contributed by atoms with Crippen LogP contribution in [0.15, 0.2) is 48.8 Å². The predicted octanol–water partition coefficient (Wildman–Crippen LogP) is 5.35. The van der Waals surface area contributed by atoms with Gasteiger partial charge in [0.25, 0.3) is 0 Å². The molecule has 2 aromatic rings. The van der Waals surface area contributed by atoms with Crippen molar-refractivity contribution >= 4 is 17.7 Å². The van der Waals surface area contributed by atoms with E-state index in [9.17, 15) is 18.0 Å². The van der Waals surface area contributed by atoms with Crippen molar-refractivity contribution < 1.29 is 23.1 Å². The van der Waals surface area contributed by atoms with Crippen LogP contribution >= 0.6 is 11.8 Å². The first-order valence-corrected chi connectivity index (χ1v) is 10.6. The number of carboxylic acids is 1. The Labute approximate surface area is 173 Å². The fourth-order valence-corrected chi connectivity index (χ4v) is 3.62. The van der Waals surface area contributed by atoms with Gasteiger partial charge in [-0.2, -0.15) is 24.9 Å². The van der Waals surface area contributed by atoms with E-state index in [1.54, 1.807) is 30.6 Å². The first-order valence-electron chi connectivity index (χ1n) is 9.42. The summed E-state index contributed by atoms with van der Waals surface area (Å²) in [6, 6.07) is 9.00. The highest BCUT2D eigenvalue weighted by atomic mass is 32.2. The maximum atomic E-state index is 13.5. The third kappa shape index (κ3) is 8.45. The number of alkyl halides is 3. The second-order valence-electron chi connectivity index (χ2n) is 6.09. The van der Waals surface area contributed by atoms with E-state index in [-0.39, 0.29) is 24.2 Å². The molecule has 2 unspecified atom stereocenters. The number of aromatic nitrogens is 1. The van der Waals surface area contributed by atoms with Gasteiger partial charge in [-0.15, -0.1) is 0 Å². The summed E-state index contributed by atoms with van der Waals surface area (Å²) >= 11 is 1.29. The molecule has 3 N–H and O–H groups in total. The fourth-order valence-electron chi connectivity index (χ4n) is 2.60. The van der Waals surface area contributed by atoms with Crippen molar-refractivity contribution in [3.63, 3.8) is 0 Å². The van der Waals surface area contributed by atoms with Crippen LogP contribution in [0.2, 0.25) is 0 Å². The highest BCUT2D eigenvalue weighted by Crippen LogP contribution is 2.38. The first-order chi connectivity index (χ1) is 13.8. The van der Waals surface area contributed by atoms with Gasteiger partial charge >= 0.3 is 12.1 Å². The van der Waals surface area contributed by atoms with Gasteiger partial charge < -0.3 is 10.8 Å². The van der Waals surface area contributed by atoms with Crippen LogP contribution in [0.1, 0.15) is 38.2 Å². The van der Waals surface area contributed by atoms with E-state index in [4.69, 9.17) is 10.8 Å². The maximum absolute atomic E-state index is 13.5. The maximum Gasteiger partial charge on any atom is 0.395 e. The first kappa shape index (κ1) is 25.0. The van der Waals surface area contributed by atoms with Crippen LogP contribution in [0.4, 0.5) is 13.2 Å². The Morgan fingerprint density at radius 1 is 1.10 bits per heavy atom. The molecule has 1 heterocycles. The molecular weight excluding hydrogens is 401 g/mol. The van der Waals surface area contributed by atoms with E-state index in [0.29, 0.717) is 5.75 Å². The number of nitrogens with two attached hydrogens (primary N) is 1. The van der Waals surface area contributed by atoms with Crippen molar-refractivity contribution in [1.82, 2.24) is 4.98 Å². The van der Waals surface area contributed by atoms with Crippen molar-refractivity contribution in [1.29, 1.82) is 0 Å². The van der Waals surface area contributed by atoms with Gasteiger partial charge in [-0.05, 0) is 47.1 Å². The Bertz CT molecular complexity index is 725. The lowest BCUT2D eigenvalue weighted by Gasteiger charge is -2.21. The zero-order valence-electron chi connectivity index (χ0n) is 16.5. The molecule has 1 aromatic carbocycles. The number of pyridine rings is 1. The van der Waals surface area contributed by atoms with Gasteiger partial charge in [-0.1, -0.05) is 44.2 Å². The molecule has 8 heteroatoms. The van der Waals surface area contributed by atoms with Gasteiger partial charge in [0.15, 0.2) is 0 Å². The molecule has 0 aliphatic heterocycles. The zero-order chi connectivity index (χ0) is 21.9. The average molecular weight is 429 g/mol. The van der Waals surface area contributed by atoms with Crippen molar-refractivity contribution in [2.75, 3.05) is 11.5 Å². The third-order valence-corrected chi connectivity index (χ3v) is 5.19. The Kier molecular flexibility index (Phi) is 10.8. The molecule has 29 heavy (non-hydrogen) atoms. The van der Waals surface area contributed by atoms with Gasteiger partial charge in [-0.25, -0.2) is 0 Å². The van der Waals surface area contributed by atoms with E-state index in [0.717, 1.165) is 11.1 Å². The average Bonchev–Trinajstić information content (AvgIpc) is 2.72. The lowest BCUT2D eigenvalue weighted by Crippen LogP contribution is -2.30. The van der Waals surface area contributed by atoms with Gasteiger partial charge in [-0.3, -0.25) is 9.78 Å². The summed E-state index contributed by atoms with van der Waals surface area (Å²) in [5, 5.41) is 8.70. The number of nitrogens with zero attached hydrogens (tertiary/aromatic N) is 1. The molecule has 0 radical (unpaired) electrons. The van der Waals surface area contributed by atoms with Gasteiger partial charge in [0, 0.05) is 12.4 Å². The molecule has 0 aliphatic rings. The summed E-state index contributed by atoms with van der Waals surface area (Å²) in [7, 11) is 0. The molecule has 2 rings (SSSR count). The van der Waals surface area contributed by atoms with Crippen molar-refractivity contribution in [3.05, 3.63) is 54.4 Å². The van der Waals surface area contributed by atoms with E-state index in [1.807, 2.05) is 19.9 Å². The standard InChI is InChI=1S/C19H21F3N2O2S.C2H6/c20-19(21,22)16(7-10-27-11-8-17(23)18(25)26)14-5-3-13(4-6-14)15-2-1-9-24-12-15;1-2/h1-6,9,12,16-17H,7-8,10-11,23H2,(H,25,26);1-2H3. The van der Waals surface area contributed by atoms with Crippen molar-refractivity contribution in [2.45, 2.75) is 44.8 Å². The van der Waals surface area contributed by atoms with E-state index in [1.165, 1.54) is 23.9 Å². The number of rotatable bonds is 9. The van der Waals surface area contributed by atoms with Crippen LogP contribution < -0.4 is 5.73 Å². The van der Waals surface area contributed by atoms with E-state index < -0.39 is 24.1 Å². The molecule has 2 atom stereocenters. The van der Waals surface area contributed by atoms with Crippen LogP contribution in [0.5, 0.6) is 0 Å². The summed E-state index contributed by atoms with van der Waals surface area (Å²) < 4.78 is 40.4. The largest absolute Gasteiger partial charge is 0.480 e. The molecule has 160 valence electrons. The normalized spacial score (nSPS) is 13.2. The van der Waals surface area contributed by atoms with Crippen LogP contribution in [0.25, 0.3) is 11.1 Å². The Balaban J connectivity index is 0.00000204. The molecular formula is C21H27F3N2O2S. The predicted molar refractivity (Wildman–Crippen MR) is 112 cm³/mol. The zero-order valence-corrected chi connectivity index (χ0v) is 17.3. The summed E-state index contributed by atoms with van der Waals surface area (Å²) in [6.07, 6.45) is -0.875. The molecule has 1 aromatic heterocycles. The minimum Gasteiger partial charge on any atom is -0.480 e. The molecule has 0 bridgehead atoms. The summed E-state index contributed by atoms with van der Waals surface area (Å²) in [5.74, 6) is -1.96. The number of benzene rings is 1. The Morgan fingerprint density at radius 2 is 1.72 bits per heavy atom. The number of hydrogen-bond donors (Lipinski definition) is 2. The molecule has 0 saturated carbocycles. The number of thioether (sulfide) groups is 1. The van der Waals surface area contributed by atoms with Crippen molar-refractivity contribution in [2.24, 2.45) is 5.73 Å². The van der Waals surface area contributed by atoms with Crippen LogP contribution in [0, 0.1) is 0 Å². The number of carbonyl (C=O) groups is 1. The molecule has 0 aliphatic carbocycles. The Morgan fingerprint density at radius 3 is 2.24 bits per heavy atom. The smallest absolute Gasteiger partial charge is 0.395 e. The van der Waals surface area contributed by atoms with E-state index in [2.05, 4.69) is 4.98 Å². The number of hydrogen-bond acceptors (Lipinski definition) is 4. The summed E-state index contributed by atoms with van der Waals surface area (Å²) in [6.45, 7) is 4.00. The fraction of sp³-hybridized carbons (Fsp3) is 0.429. The number of carboxylic acid groups (broad SMARTS) is 1. The van der Waals surface area contributed by atoms with E-state index >= 15 is 0 Å². The van der Waals surface area contributed by atoms with Gasteiger partial charge in [0.05, 0.1) is 5.92 Å². The van der Waals surface area contributed by atoms with Gasteiger partial charge in [0.1, 0.15) is 6.04 Å². The monoisotopic (exact) mass is 428 g/mol.